The van der Waals surface area contributed by atoms with Gasteiger partial charge in [-0.2, -0.15) is 9.41 Å². The van der Waals surface area contributed by atoms with E-state index >= 15 is 0 Å². The van der Waals surface area contributed by atoms with Crippen molar-refractivity contribution in [1.29, 1.82) is 0 Å². The van der Waals surface area contributed by atoms with Crippen LogP contribution in [-0.4, -0.2) is 43.9 Å². The first-order chi connectivity index (χ1) is 19.8. The van der Waals surface area contributed by atoms with Crippen LogP contribution in [0.1, 0.15) is 16.7 Å². The monoisotopic (exact) mass is 570 g/mol. The van der Waals surface area contributed by atoms with Crippen molar-refractivity contribution < 1.29 is 22.7 Å². The third-order valence-electron chi connectivity index (χ3n) is 5.89. The quantitative estimate of drug-likeness (QED) is 0.194. The molecule has 41 heavy (non-hydrogen) atoms. The molecule has 0 saturated carbocycles. The first kappa shape index (κ1) is 29.2. The van der Waals surface area contributed by atoms with Crippen LogP contribution in [0, 0.1) is 6.92 Å². The number of amides is 2. The smallest absolute Gasteiger partial charge is 0.262 e. The molecule has 0 radical (unpaired) electrons. The van der Waals surface area contributed by atoms with Crippen molar-refractivity contribution in [2.24, 2.45) is 5.10 Å². The molecule has 4 aromatic carbocycles. The molecule has 0 aliphatic rings. The summed E-state index contributed by atoms with van der Waals surface area (Å²) in [6.45, 7) is 1.33. The maximum atomic E-state index is 13.4. The standard InChI is InChI=1S/C31H30N4O5S/c1-24-12-18-29(19-13-24)41(38,39)35(21-26-8-4-2-5-9-26)22-30(36)34-32-20-25-14-16-28(17-15-25)40-23-31(37)33-27-10-6-3-7-11-27/h2-20H,21-23H2,1H3,(H,33,37)(H,34,36)/b32-20+. The number of benzene rings is 4. The summed E-state index contributed by atoms with van der Waals surface area (Å²) in [5.41, 5.74) is 5.43. The molecule has 0 spiro atoms. The van der Waals surface area contributed by atoms with E-state index in [1.54, 1.807) is 60.7 Å². The molecule has 9 nitrogen and oxygen atoms in total. The summed E-state index contributed by atoms with van der Waals surface area (Å²) < 4.78 is 33.4. The Kier molecular flexibility index (Phi) is 9.98. The molecule has 0 aliphatic carbocycles. The van der Waals surface area contributed by atoms with Crippen LogP contribution in [0.15, 0.2) is 119 Å². The summed E-state index contributed by atoms with van der Waals surface area (Å²) in [5.74, 6) is -0.375. The van der Waals surface area contributed by atoms with Crippen LogP contribution in [0.3, 0.4) is 0 Å². The molecule has 0 fully saturated rings. The van der Waals surface area contributed by atoms with E-state index in [4.69, 9.17) is 4.74 Å². The van der Waals surface area contributed by atoms with E-state index in [1.165, 1.54) is 18.3 Å². The van der Waals surface area contributed by atoms with Crippen LogP contribution in [0.2, 0.25) is 0 Å². The molecular weight excluding hydrogens is 540 g/mol. The number of ether oxygens (including phenoxy) is 1. The number of carbonyl (C=O) groups excluding carboxylic acids is 2. The lowest BCUT2D eigenvalue weighted by atomic mass is 10.2. The zero-order valence-corrected chi connectivity index (χ0v) is 23.3. The third-order valence-corrected chi connectivity index (χ3v) is 7.70. The zero-order chi connectivity index (χ0) is 29.1. The molecule has 2 N–H and O–H groups in total. The minimum atomic E-state index is -3.94. The van der Waals surface area contributed by atoms with Gasteiger partial charge in [-0.1, -0.05) is 66.2 Å². The van der Waals surface area contributed by atoms with Crippen molar-refractivity contribution in [2.45, 2.75) is 18.4 Å². The fourth-order valence-electron chi connectivity index (χ4n) is 3.76. The van der Waals surface area contributed by atoms with Gasteiger partial charge in [0.1, 0.15) is 5.75 Å². The predicted molar refractivity (Wildman–Crippen MR) is 158 cm³/mol. The number of aryl methyl sites for hydroxylation is 1. The molecule has 0 aromatic heterocycles. The number of para-hydroxylation sites is 1. The number of nitrogens with one attached hydrogen (secondary N) is 2. The molecule has 0 heterocycles. The number of nitrogens with zero attached hydrogens (tertiary/aromatic N) is 2. The molecule has 10 heteroatoms. The van der Waals surface area contributed by atoms with E-state index in [1.807, 2.05) is 43.3 Å². The van der Waals surface area contributed by atoms with E-state index in [2.05, 4.69) is 15.8 Å². The molecule has 0 bridgehead atoms. The Balaban J connectivity index is 1.33. The lowest BCUT2D eigenvalue weighted by Crippen LogP contribution is -2.39. The molecule has 210 valence electrons. The van der Waals surface area contributed by atoms with Crippen molar-refractivity contribution in [3.8, 4) is 5.75 Å². The summed E-state index contributed by atoms with van der Waals surface area (Å²) in [5, 5.41) is 6.71. The fourth-order valence-corrected chi connectivity index (χ4v) is 5.15. The Labute approximate surface area is 239 Å². The van der Waals surface area contributed by atoms with Crippen LogP contribution in [-0.2, 0) is 26.2 Å². The largest absolute Gasteiger partial charge is 0.484 e. The number of sulfonamides is 1. The Morgan fingerprint density at radius 2 is 1.46 bits per heavy atom. The van der Waals surface area contributed by atoms with Gasteiger partial charge in [-0.3, -0.25) is 9.59 Å². The second kappa shape index (κ2) is 14.0. The minimum Gasteiger partial charge on any atom is -0.484 e. The van der Waals surface area contributed by atoms with Crippen LogP contribution >= 0.6 is 0 Å². The lowest BCUT2D eigenvalue weighted by molar-refractivity contribution is -0.121. The van der Waals surface area contributed by atoms with E-state index in [0.717, 1.165) is 15.4 Å². The maximum Gasteiger partial charge on any atom is 0.262 e. The van der Waals surface area contributed by atoms with E-state index in [-0.39, 0.29) is 24.0 Å². The van der Waals surface area contributed by atoms with Crippen molar-refractivity contribution in [3.63, 3.8) is 0 Å². The molecule has 0 aliphatic heterocycles. The van der Waals surface area contributed by atoms with Crippen LogP contribution < -0.4 is 15.5 Å². The summed E-state index contributed by atoms with van der Waals surface area (Å²) in [6.07, 6.45) is 1.43. The number of hydrogen-bond donors (Lipinski definition) is 2. The van der Waals surface area contributed by atoms with Crippen molar-refractivity contribution in [1.82, 2.24) is 9.73 Å². The Morgan fingerprint density at radius 1 is 0.829 bits per heavy atom. The Hall–Kier alpha value is -4.80. The average molecular weight is 571 g/mol. The van der Waals surface area contributed by atoms with E-state index < -0.39 is 22.5 Å². The second-order valence-electron chi connectivity index (χ2n) is 9.14. The number of hydrazone groups is 1. The number of hydrogen-bond acceptors (Lipinski definition) is 6. The average Bonchev–Trinajstić information content (AvgIpc) is 2.98. The topological polar surface area (TPSA) is 117 Å². The molecular formula is C31H30N4O5S. The van der Waals surface area contributed by atoms with Gasteiger partial charge in [-0.05, 0) is 66.6 Å². The first-order valence-corrected chi connectivity index (χ1v) is 14.2. The zero-order valence-electron chi connectivity index (χ0n) is 22.4. The molecule has 0 unspecified atom stereocenters. The van der Waals surface area contributed by atoms with Gasteiger partial charge in [0, 0.05) is 12.2 Å². The van der Waals surface area contributed by atoms with Gasteiger partial charge in [0.25, 0.3) is 11.8 Å². The second-order valence-corrected chi connectivity index (χ2v) is 11.1. The van der Waals surface area contributed by atoms with Gasteiger partial charge in [0.15, 0.2) is 6.61 Å². The van der Waals surface area contributed by atoms with Gasteiger partial charge in [-0.15, -0.1) is 0 Å². The molecule has 2 amide bonds. The molecule has 0 atom stereocenters. The number of rotatable bonds is 12. The van der Waals surface area contributed by atoms with E-state index in [0.29, 0.717) is 17.0 Å². The van der Waals surface area contributed by atoms with E-state index in [9.17, 15) is 18.0 Å². The van der Waals surface area contributed by atoms with Gasteiger partial charge in [-0.25, -0.2) is 13.8 Å². The maximum absolute atomic E-state index is 13.4. The number of anilines is 1. The minimum absolute atomic E-state index is 0.0268. The molecule has 4 rings (SSSR count). The van der Waals surface area contributed by atoms with Crippen molar-refractivity contribution in [3.05, 3.63) is 126 Å². The van der Waals surface area contributed by atoms with Gasteiger partial charge in [0.2, 0.25) is 10.0 Å². The number of carbonyl (C=O) groups is 2. The third kappa shape index (κ3) is 8.85. The Morgan fingerprint density at radius 3 is 2.12 bits per heavy atom. The normalized spacial score (nSPS) is 11.4. The van der Waals surface area contributed by atoms with Crippen LogP contribution in [0.5, 0.6) is 5.75 Å². The van der Waals surface area contributed by atoms with Crippen LogP contribution in [0.25, 0.3) is 0 Å². The Bertz CT molecular complexity index is 1580. The molecule has 4 aromatic rings. The van der Waals surface area contributed by atoms with Crippen molar-refractivity contribution in [2.75, 3.05) is 18.5 Å². The summed E-state index contributed by atoms with van der Waals surface area (Å²) in [6, 6.07) is 31.4. The highest BCUT2D eigenvalue weighted by atomic mass is 32.2. The summed E-state index contributed by atoms with van der Waals surface area (Å²) >= 11 is 0. The molecule has 0 saturated heterocycles. The summed E-state index contributed by atoms with van der Waals surface area (Å²) in [7, 11) is -3.94. The highest BCUT2D eigenvalue weighted by Gasteiger charge is 2.26. The van der Waals surface area contributed by atoms with Gasteiger partial charge < -0.3 is 10.1 Å². The van der Waals surface area contributed by atoms with Gasteiger partial charge >= 0.3 is 0 Å². The summed E-state index contributed by atoms with van der Waals surface area (Å²) in [4.78, 5) is 24.9. The SMILES string of the molecule is Cc1ccc(S(=O)(=O)N(CC(=O)N/N=C/c2ccc(OCC(=O)Nc3ccccc3)cc2)Cc2ccccc2)cc1. The lowest BCUT2D eigenvalue weighted by Gasteiger charge is -2.21. The highest BCUT2D eigenvalue weighted by molar-refractivity contribution is 7.89. The van der Waals surface area contributed by atoms with Crippen LogP contribution in [0.4, 0.5) is 5.69 Å². The first-order valence-electron chi connectivity index (χ1n) is 12.8. The predicted octanol–water partition coefficient (Wildman–Crippen LogP) is 4.35. The highest BCUT2D eigenvalue weighted by Crippen LogP contribution is 2.19. The van der Waals surface area contributed by atoms with Crippen molar-refractivity contribution >= 4 is 33.7 Å². The fraction of sp³-hybridized carbons (Fsp3) is 0.129. The van der Waals surface area contributed by atoms with Gasteiger partial charge in [0.05, 0.1) is 17.7 Å².